The summed E-state index contributed by atoms with van der Waals surface area (Å²) in [7, 11) is -3.56. The van der Waals surface area contributed by atoms with E-state index in [-0.39, 0.29) is 17.0 Å². The van der Waals surface area contributed by atoms with E-state index in [4.69, 9.17) is 0 Å². The third-order valence-electron chi connectivity index (χ3n) is 4.09. The van der Waals surface area contributed by atoms with Crippen LogP contribution in [0.2, 0.25) is 0 Å². The second kappa shape index (κ2) is 6.37. The molecule has 0 aromatic carbocycles. The number of hydrogen-bond donors (Lipinski definition) is 1. The summed E-state index contributed by atoms with van der Waals surface area (Å²) in [6.07, 6.45) is 2.10. The van der Waals surface area contributed by atoms with Crippen molar-refractivity contribution in [2.24, 2.45) is 0 Å². The zero-order valence-electron chi connectivity index (χ0n) is 14.5. The topological polar surface area (TPSA) is 73.7 Å². The van der Waals surface area contributed by atoms with Gasteiger partial charge in [0.15, 0.2) is 0 Å². The molecule has 6 nitrogen and oxygen atoms in total. The molecule has 0 aliphatic carbocycles. The van der Waals surface area contributed by atoms with Crippen LogP contribution in [-0.4, -0.2) is 53.6 Å². The average molecular weight is 341 g/mol. The number of aromatic nitrogens is 1. The zero-order chi connectivity index (χ0) is 17.4. The van der Waals surface area contributed by atoms with Gasteiger partial charge >= 0.3 is 0 Å². The van der Waals surface area contributed by atoms with Gasteiger partial charge in [-0.1, -0.05) is 0 Å². The quantitative estimate of drug-likeness (QED) is 0.885. The molecule has 1 unspecified atom stereocenters. The first kappa shape index (κ1) is 18.2. The summed E-state index contributed by atoms with van der Waals surface area (Å²) >= 11 is 0. The Morgan fingerprint density at radius 2 is 1.87 bits per heavy atom. The van der Waals surface area contributed by atoms with E-state index in [1.54, 1.807) is 19.1 Å². The van der Waals surface area contributed by atoms with E-state index < -0.39 is 15.6 Å². The summed E-state index contributed by atoms with van der Waals surface area (Å²) in [6, 6.07) is 3.08. The minimum absolute atomic E-state index is 0.117. The fourth-order valence-electron chi connectivity index (χ4n) is 3.13. The second-order valence-electron chi connectivity index (χ2n) is 7.04. The predicted octanol–water partition coefficient (Wildman–Crippen LogP) is 1.85. The molecule has 1 aliphatic heterocycles. The number of nitrogens with zero attached hydrogens (tertiary/aromatic N) is 3. The lowest BCUT2D eigenvalue weighted by atomic mass is 10.1. The lowest BCUT2D eigenvalue weighted by Crippen LogP contribution is -2.42. The Morgan fingerprint density at radius 1 is 1.26 bits per heavy atom. The number of β-amino-alcohol motifs (C(OH)–C–C–N with tert-alkyl or cyclic N) is 1. The third kappa shape index (κ3) is 3.84. The smallest absolute Gasteiger partial charge is 0.245 e. The number of aliphatic hydroxyl groups is 1. The Balaban J connectivity index is 2.25. The van der Waals surface area contributed by atoms with Crippen LogP contribution in [-0.2, 0) is 10.0 Å². The largest absolute Gasteiger partial charge is 0.388 e. The maximum Gasteiger partial charge on any atom is 0.245 e. The van der Waals surface area contributed by atoms with Crippen molar-refractivity contribution in [3.8, 4) is 0 Å². The highest BCUT2D eigenvalue weighted by molar-refractivity contribution is 7.89. The number of sulfonamides is 1. The van der Waals surface area contributed by atoms with E-state index in [0.29, 0.717) is 18.8 Å². The minimum atomic E-state index is -3.56. The Hall–Kier alpha value is -1.18. The van der Waals surface area contributed by atoms with E-state index in [9.17, 15) is 13.5 Å². The summed E-state index contributed by atoms with van der Waals surface area (Å²) in [5.41, 5.74) is -0.710. The highest BCUT2D eigenvalue weighted by atomic mass is 32.2. The standard InChI is InChI=1S/C16H27N3O3S/c1-12(2)19(13(3)4)23(21,22)14-6-7-15(17-10-14)18-9-8-16(5,20)11-18/h6-7,10,12-13,20H,8-9,11H2,1-5H3. The maximum atomic E-state index is 12.8. The van der Waals surface area contributed by atoms with E-state index in [1.807, 2.05) is 32.6 Å². The van der Waals surface area contributed by atoms with Gasteiger partial charge < -0.3 is 10.0 Å². The molecular formula is C16H27N3O3S. The van der Waals surface area contributed by atoms with Gasteiger partial charge in [-0.2, -0.15) is 4.31 Å². The van der Waals surface area contributed by atoms with Crippen molar-refractivity contribution in [2.75, 3.05) is 18.0 Å². The summed E-state index contributed by atoms with van der Waals surface area (Å²) in [5.74, 6) is 0.697. The van der Waals surface area contributed by atoms with E-state index >= 15 is 0 Å². The molecule has 1 atom stereocenters. The number of hydrogen-bond acceptors (Lipinski definition) is 5. The fourth-order valence-corrected chi connectivity index (χ4v) is 4.91. The molecular weight excluding hydrogens is 314 g/mol. The van der Waals surface area contributed by atoms with Gasteiger partial charge in [0.25, 0.3) is 0 Å². The first-order valence-electron chi connectivity index (χ1n) is 8.01. The van der Waals surface area contributed by atoms with E-state index in [1.165, 1.54) is 10.5 Å². The van der Waals surface area contributed by atoms with Crippen LogP contribution in [0.4, 0.5) is 5.82 Å². The van der Waals surface area contributed by atoms with Gasteiger partial charge in [-0.3, -0.25) is 0 Å². The summed E-state index contributed by atoms with van der Waals surface area (Å²) in [4.78, 5) is 6.48. The third-order valence-corrected chi connectivity index (χ3v) is 6.33. The lowest BCUT2D eigenvalue weighted by molar-refractivity contribution is 0.0839. The highest BCUT2D eigenvalue weighted by Crippen LogP contribution is 2.26. The minimum Gasteiger partial charge on any atom is -0.388 e. The van der Waals surface area contributed by atoms with Crippen LogP contribution in [0.5, 0.6) is 0 Å². The molecule has 0 amide bonds. The van der Waals surface area contributed by atoms with Gasteiger partial charge in [-0.25, -0.2) is 13.4 Å². The number of pyridine rings is 1. The predicted molar refractivity (Wildman–Crippen MR) is 91.0 cm³/mol. The molecule has 0 saturated carbocycles. The molecule has 1 aliphatic rings. The maximum absolute atomic E-state index is 12.8. The fraction of sp³-hybridized carbons (Fsp3) is 0.688. The highest BCUT2D eigenvalue weighted by Gasteiger charge is 2.33. The molecule has 0 spiro atoms. The van der Waals surface area contributed by atoms with Gasteiger partial charge in [0.1, 0.15) is 10.7 Å². The summed E-state index contributed by atoms with van der Waals surface area (Å²) in [6.45, 7) is 10.5. The Morgan fingerprint density at radius 3 is 2.26 bits per heavy atom. The van der Waals surface area contributed by atoms with E-state index in [2.05, 4.69) is 4.98 Å². The molecule has 130 valence electrons. The van der Waals surface area contributed by atoms with Gasteiger partial charge in [0.2, 0.25) is 10.0 Å². The molecule has 0 radical (unpaired) electrons. The van der Waals surface area contributed by atoms with Crippen LogP contribution in [0.25, 0.3) is 0 Å². The monoisotopic (exact) mass is 341 g/mol. The van der Waals surface area contributed by atoms with Crippen LogP contribution >= 0.6 is 0 Å². The molecule has 2 heterocycles. The molecule has 2 rings (SSSR count). The number of rotatable bonds is 5. The van der Waals surface area contributed by atoms with Gasteiger partial charge in [-0.05, 0) is 53.2 Å². The molecule has 1 aromatic rings. The van der Waals surface area contributed by atoms with Crippen molar-refractivity contribution in [3.05, 3.63) is 18.3 Å². The van der Waals surface area contributed by atoms with Crippen LogP contribution < -0.4 is 4.90 Å². The molecule has 1 saturated heterocycles. The van der Waals surface area contributed by atoms with Crippen LogP contribution in [0, 0.1) is 0 Å². The van der Waals surface area contributed by atoms with Crippen molar-refractivity contribution in [2.45, 2.75) is 63.6 Å². The Bertz CT molecular complexity index is 631. The SMILES string of the molecule is CC(C)N(C(C)C)S(=O)(=O)c1ccc(N2CCC(C)(O)C2)nc1. The van der Waals surface area contributed by atoms with Crippen molar-refractivity contribution in [1.29, 1.82) is 0 Å². The first-order chi connectivity index (χ1) is 10.5. The molecule has 7 heteroatoms. The van der Waals surface area contributed by atoms with Crippen molar-refractivity contribution in [3.63, 3.8) is 0 Å². The van der Waals surface area contributed by atoms with Crippen LogP contribution in [0.15, 0.2) is 23.2 Å². The second-order valence-corrected chi connectivity index (χ2v) is 8.89. The van der Waals surface area contributed by atoms with Crippen molar-refractivity contribution >= 4 is 15.8 Å². The molecule has 1 aromatic heterocycles. The van der Waals surface area contributed by atoms with Crippen molar-refractivity contribution < 1.29 is 13.5 Å². The van der Waals surface area contributed by atoms with Gasteiger partial charge in [0, 0.05) is 31.4 Å². The normalized spacial score (nSPS) is 22.6. The Kier molecular flexibility index (Phi) is 5.03. The molecule has 0 bridgehead atoms. The first-order valence-corrected chi connectivity index (χ1v) is 9.45. The van der Waals surface area contributed by atoms with Crippen LogP contribution in [0.1, 0.15) is 41.0 Å². The summed E-state index contributed by atoms with van der Waals surface area (Å²) in [5, 5.41) is 10.0. The number of anilines is 1. The Labute approximate surface area is 139 Å². The lowest BCUT2D eigenvalue weighted by Gasteiger charge is -2.29. The zero-order valence-corrected chi connectivity index (χ0v) is 15.3. The summed E-state index contributed by atoms with van der Waals surface area (Å²) < 4.78 is 27.1. The molecule has 1 N–H and O–H groups in total. The average Bonchev–Trinajstić information content (AvgIpc) is 2.78. The van der Waals surface area contributed by atoms with Crippen LogP contribution in [0.3, 0.4) is 0 Å². The van der Waals surface area contributed by atoms with Gasteiger partial charge in [0.05, 0.1) is 5.60 Å². The van der Waals surface area contributed by atoms with Crippen molar-refractivity contribution in [1.82, 2.24) is 9.29 Å². The van der Waals surface area contributed by atoms with Gasteiger partial charge in [-0.15, -0.1) is 0 Å². The molecule has 1 fully saturated rings. The van der Waals surface area contributed by atoms with E-state index in [0.717, 1.165) is 6.54 Å². The molecule has 23 heavy (non-hydrogen) atoms.